The molecule has 0 saturated carbocycles. The van der Waals surface area contributed by atoms with Crippen LogP contribution in [0.25, 0.3) is 6.08 Å². The fourth-order valence-corrected chi connectivity index (χ4v) is 3.02. The van der Waals surface area contributed by atoms with Crippen LogP contribution in [0.15, 0.2) is 26.7 Å². The Hall–Kier alpha value is -1.51. The monoisotopic (exact) mass is 389 g/mol. The lowest BCUT2D eigenvalue weighted by Gasteiger charge is -2.05. The second-order valence-corrected chi connectivity index (χ2v) is 6.28. The molecule has 0 aliphatic heterocycles. The minimum Gasteiger partial charge on any atom is -0.506 e. The Morgan fingerprint density at radius 2 is 2.24 bits per heavy atom. The lowest BCUT2D eigenvalue weighted by Crippen LogP contribution is -1.97. The summed E-state index contributed by atoms with van der Waals surface area (Å²) in [6, 6.07) is 3.08. The number of aromatic nitrogens is 3. The number of phenolic OH excluding ortho intramolecular Hbond substituents is 1. The first-order valence-corrected chi connectivity index (χ1v) is 7.55. The van der Waals surface area contributed by atoms with Crippen molar-refractivity contribution in [2.75, 3.05) is 0 Å². The fourth-order valence-electron chi connectivity index (χ4n) is 1.44. The average molecular weight is 391 g/mol. The van der Waals surface area contributed by atoms with Crippen LogP contribution in [0.1, 0.15) is 11.4 Å². The van der Waals surface area contributed by atoms with Gasteiger partial charge in [-0.3, -0.25) is 5.10 Å². The van der Waals surface area contributed by atoms with Gasteiger partial charge in [0, 0.05) is 10.0 Å². The Bertz CT molecular complexity index is 733. The Morgan fingerprint density at radius 1 is 1.52 bits per heavy atom. The zero-order valence-corrected chi connectivity index (χ0v) is 13.8. The van der Waals surface area contributed by atoms with Crippen molar-refractivity contribution < 1.29 is 15.0 Å². The van der Waals surface area contributed by atoms with Crippen molar-refractivity contribution in [3.8, 4) is 5.75 Å². The highest BCUT2D eigenvalue weighted by molar-refractivity contribution is 9.10. The molecule has 6 nitrogen and oxygen atoms in total. The van der Waals surface area contributed by atoms with Crippen LogP contribution in [0.4, 0.5) is 0 Å². The number of halogens is 2. The molecule has 0 aliphatic carbocycles. The van der Waals surface area contributed by atoms with E-state index in [4.69, 9.17) is 11.6 Å². The van der Waals surface area contributed by atoms with E-state index in [1.165, 1.54) is 12.1 Å². The van der Waals surface area contributed by atoms with E-state index in [0.717, 1.165) is 11.8 Å². The van der Waals surface area contributed by atoms with E-state index in [0.29, 0.717) is 10.3 Å². The van der Waals surface area contributed by atoms with Crippen molar-refractivity contribution in [2.24, 2.45) is 0 Å². The van der Waals surface area contributed by atoms with E-state index in [1.54, 1.807) is 13.0 Å². The Kier molecular flexibility index (Phi) is 4.92. The zero-order chi connectivity index (χ0) is 15.6. The number of carbonyl (C=O) groups is 1. The molecule has 9 heteroatoms. The quantitative estimate of drug-likeness (QED) is 0.546. The van der Waals surface area contributed by atoms with Crippen molar-refractivity contribution in [1.29, 1.82) is 0 Å². The summed E-state index contributed by atoms with van der Waals surface area (Å²) < 4.78 is 0.625. The van der Waals surface area contributed by atoms with Gasteiger partial charge in [0.2, 0.25) is 5.16 Å². The topological polar surface area (TPSA) is 99.1 Å². The van der Waals surface area contributed by atoms with Gasteiger partial charge in [-0.2, -0.15) is 0 Å². The van der Waals surface area contributed by atoms with Crippen LogP contribution in [0.2, 0.25) is 5.02 Å². The van der Waals surface area contributed by atoms with Gasteiger partial charge in [-0.05, 0) is 36.9 Å². The third-order valence-electron chi connectivity index (χ3n) is 2.33. The first kappa shape index (κ1) is 15.9. The highest BCUT2D eigenvalue weighted by atomic mass is 79.9. The summed E-state index contributed by atoms with van der Waals surface area (Å²) in [5, 5.41) is 26.0. The summed E-state index contributed by atoms with van der Waals surface area (Å²) in [7, 11) is 0. The first-order valence-electron chi connectivity index (χ1n) is 5.56. The van der Waals surface area contributed by atoms with Gasteiger partial charge in [0.1, 0.15) is 16.5 Å². The fraction of sp³-hybridized carbons (Fsp3) is 0.0833. The van der Waals surface area contributed by atoms with Crippen LogP contribution >= 0.6 is 39.3 Å². The third-order valence-corrected chi connectivity index (χ3v) is 3.96. The normalized spacial score (nSPS) is 11.7. The smallest absolute Gasteiger partial charge is 0.342 e. The van der Waals surface area contributed by atoms with E-state index >= 15 is 0 Å². The van der Waals surface area contributed by atoms with Crippen LogP contribution in [-0.2, 0) is 4.79 Å². The molecule has 0 radical (unpaired) electrons. The SMILES string of the molecule is Cc1nc(S/C(=C\c2cc(Br)cc(Cl)c2O)C(=O)O)n[nH]1. The third kappa shape index (κ3) is 3.99. The maximum absolute atomic E-state index is 11.3. The van der Waals surface area contributed by atoms with Gasteiger partial charge in [-0.25, -0.2) is 9.78 Å². The van der Waals surface area contributed by atoms with Crippen molar-refractivity contribution in [3.05, 3.63) is 37.9 Å². The summed E-state index contributed by atoms with van der Waals surface area (Å²) in [4.78, 5) is 15.3. The van der Waals surface area contributed by atoms with E-state index in [2.05, 4.69) is 31.1 Å². The molecule has 0 atom stereocenters. The number of hydrogen-bond donors (Lipinski definition) is 3. The Labute approximate surface area is 137 Å². The molecule has 1 aromatic carbocycles. The molecule has 1 heterocycles. The predicted octanol–water partition coefficient (Wildman–Crippen LogP) is 3.45. The number of thioether (sulfide) groups is 1. The Morgan fingerprint density at radius 3 is 2.81 bits per heavy atom. The van der Waals surface area contributed by atoms with Crippen molar-refractivity contribution >= 4 is 51.3 Å². The number of aliphatic carboxylic acids is 1. The number of nitrogens with one attached hydrogen (secondary N) is 1. The second kappa shape index (κ2) is 6.50. The number of aryl methyl sites for hydroxylation is 1. The number of aromatic amines is 1. The predicted molar refractivity (Wildman–Crippen MR) is 83.4 cm³/mol. The number of hydrogen-bond acceptors (Lipinski definition) is 5. The zero-order valence-electron chi connectivity index (χ0n) is 10.6. The highest BCUT2D eigenvalue weighted by Gasteiger charge is 2.15. The van der Waals surface area contributed by atoms with Gasteiger partial charge < -0.3 is 10.2 Å². The van der Waals surface area contributed by atoms with E-state index in [9.17, 15) is 15.0 Å². The molecule has 0 aliphatic rings. The molecule has 110 valence electrons. The average Bonchev–Trinajstić information content (AvgIpc) is 2.79. The minimum atomic E-state index is -1.15. The number of carboxylic acid groups (broad SMARTS) is 1. The summed E-state index contributed by atoms with van der Waals surface area (Å²) in [6.45, 7) is 1.71. The molecule has 0 fully saturated rings. The molecule has 0 saturated heterocycles. The molecule has 0 spiro atoms. The summed E-state index contributed by atoms with van der Waals surface area (Å²) in [5.74, 6) is -0.765. The molecular weight excluding hydrogens is 382 g/mol. The summed E-state index contributed by atoms with van der Waals surface area (Å²) >= 11 is 9.96. The molecule has 1 aromatic heterocycles. The molecule has 0 unspecified atom stereocenters. The second-order valence-electron chi connectivity index (χ2n) is 3.94. The van der Waals surface area contributed by atoms with Gasteiger partial charge in [-0.1, -0.05) is 27.5 Å². The number of phenols is 1. The first-order chi connectivity index (χ1) is 9.86. The van der Waals surface area contributed by atoms with E-state index < -0.39 is 5.97 Å². The summed E-state index contributed by atoms with van der Waals surface area (Å²) in [6.07, 6.45) is 1.31. The van der Waals surface area contributed by atoms with Gasteiger partial charge in [-0.15, -0.1) is 5.10 Å². The molecule has 0 bridgehead atoms. The van der Waals surface area contributed by atoms with E-state index in [-0.39, 0.29) is 26.4 Å². The van der Waals surface area contributed by atoms with Crippen LogP contribution in [0.5, 0.6) is 5.75 Å². The van der Waals surface area contributed by atoms with Gasteiger partial charge >= 0.3 is 5.97 Å². The number of H-pyrrole nitrogens is 1. The lowest BCUT2D eigenvalue weighted by atomic mass is 10.2. The highest BCUT2D eigenvalue weighted by Crippen LogP contribution is 2.35. The van der Waals surface area contributed by atoms with Crippen LogP contribution in [0.3, 0.4) is 0 Å². The number of benzene rings is 1. The van der Waals surface area contributed by atoms with Crippen LogP contribution in [-0.4, -0.2) is 31.4 Å². The van der Waals surface area contributed by atoms with Crippen LogP contribution < -0.4 is 0 Å². The number of aromatic hydroxyl groups is 1. The number of rotatable bonds is 4. The van der Waals surface area contributed by atoms with Crippen molar-refractivity contribution in [2.45, 2.75) is 12.1 Å². The summed E-state index contributed by atoms with van der Waals surface area (Å²) in [5.41, 5.74) is 0.284. The number of carboxylic acids is 1. The maximum Gasteiger partial charge on any atom is 0.342 e. The van der Waals surface area contributed by atoms with Crippen molar-refractivity contribution in [1.82, 2.24) is 15.2 Å². The maximum atomic E-state index is 11.3. The van der Waals surface area contributed by atoms with Crippen molar-refractivity contribution in [3.63, 3.8) is 0 Å². The molecular formula is C12H9BrClN3O3S. The van der Waals surface area contributed by atoms with E-state index in [1.807, 2.05) is 0 Å². The van der Waals surface area contributed by atoms with Gasteiger partial charge in [0.05, 0.1) is 5.02 Å². The lowest BCUT2D eigenvalue weighted by molar-refractivity contribution is -0.131. The largest absolute Gasteiger partial charge is 0.506 e. The standard InChI is InChI=1S/C12H9BrClN3O3S/c1-5-15-12(17-16-5)21-9(11(19)20)3-6-2-7(13)4-8(14)10(6)18/h2-4,18H,1H3,(H,19,20)(H,15,16,17)/b9-3-. The van der Waals surface area contributed by atoms with Crippen LogP contribution in [0, 0.1) is 6.92 Å². The minimum absolute atomic E-state index is 0.0431. The molecule has 2 aromatic rings. The Balaban J connectivity index is 2.40. The number of nitrogens with zero attached hydrogens (tertiary/aromatic N) is 2. The van der Waals surface area contributed by atoms with Gasteiger partial charge in [0.15, 0.2) is 0 Å². The molecule has 21 heavy (non-hydrogen) atoms. The molecule has 0 amide bonds. The molecule has 3 N–H and O–H groups in total. The molecule has 2 rings (SSSR count). The van der Waals surface area contributed by atoms with Gasteiger partial charge in [0.25, 0.3) is 0 Å².